The third kappa shape index (κ3) is 2.76. The van der Waals surface area contributed by atoms with Gasteiger partial charge >= 0.3 is 5.97 Å². The number of alkyl halides is 1. The van der Waals surface area contributed by atoms with Gasteiger partial charge in [-0.1, -0.05) is 46.8 Å². The summed E-state index contributed by atoms with van der Waals surface area (Å²) >= 11 is 0. The molecule has 0 aromatic carbocycles. The Morgan fingerprint density at radius 2 is 1.59 bits per heavy atom. The first-order chi connectivity index (χ1) is 15.7. The van der Waals surface area contributed by atoms with Crippen molar-refractivity contribution in [1.29, 1.82) is 0 Å². The van der Waals surface area contributed by atoms with Crippen molar-refractivity contribution in [1.82, 2.24) is 0 Å². The highest BCUT2D eigenvalue weighted by atomic mass is 19.1. The number of carboxylic acid groups (broad SMARTS) is 1. The number of halogens is 1. The van der Waals surface area contributed by atoms with E-state index in [2.05, 4.69) is 48.1 Å². The largest absolute Gasteiger partial charge is 0.481 e. The highest BCUT2D eigenvalue weighted by Crippen LogP contribution is 2.77. The van der Waals surface area contributed by atoms with Gasteiger partial charge in [-0.05, 0) is 116 Å². The van der Waals surface area contributed by atoms with E-state index in [4.69, 9.17) is 0 Å². The van der Waals surface area contributed by atoms with E-state index in [-0.39, 0.29) is 22.2 Å². The topological polar surface area (TPSA) is 57.5 Å². The lowest BCUT2D eigenvalue weighted by atomic mass is 9.32. The summed E-state index contributed by atoms with van der Waals surface area (Å²) in [5, 5.41) is 21.3. The monoisotopic (exact) mass is 474 g/mol. The molecule has 0 bridgehead atoms. The van der Waals surface area contributed by atoms with Gasteiger partial charge in [0.2, 0.25) is 0 Å². The molecule has 5 rings (SSSR count). The van der Waals surface area contributed by atoms with Crippen molar-refractivity contribution in [2.24, 2.45) is 56.7 Å². The molecule has 5 aliphatic carbocycles. The summed E-state index contributed by atoms with van der Waals surface area (Å²) in [6.45, 7) is 17.9. The van der Waals surface area contributed by atoms with Crippen LogP contribution in [-0.2, 0) is 4.79 Å². The summed E-state index contributed by atoms with van der Waals surface area (Å²) in [4.78, 5) is 12.7. The van der Waals surface area contributed by atoms with E-state index >= 15 is 4.39 Å². The number of allylic oxidation sites excluding steroid dienone is 1. The maximum atomic E-state index is 15.3. The minimum Gasteiger partial charge on any atom is -0.481 e. The number of rotatable bonds is 2. The van der Waals surface area contributed by atoms with E-state index in [9.17, 15) is 15.0 Å². The molecule has 11 atom stereocenters. The van der Waals surface area contributed by atoms with Crippen LogP contribution in [0.1, 0.15) is 99.3 Å². The molecule has 34 heavy (non-hydrogen) atoms. The van der Waals surface area contributed by atoms with Crippen molar-refractivity contribution in [3.63, 3.8) is 0 Å². The van der Waals surface area contributed by atoms with Crippen LogP contribution in [0.3, 0.4) is 0 Å². The molecule has 0 aliphatic heterocycles. The highest BCUT2D eigenvalue weighted by Gasteiger charge is 2.72. The van der Waals surface area contributed by atoms with Gasteiger partial charge in [0.15, 0.2) is 0 Å². The third-order valence-electron chi connectivity index (χ3n) is 13.4. The van der Waals surface area contributed by atoms with E-state index in [1.807, 2.05) is 0 Å². The van der Waals surface area contributed by atoms with Gasteiger partial charge in [-0.15, -0.1) is 0 Å². The predicted octanol–water partition coefficient (Wildman–Crippen LogP) is 7.04. The molecule has 2 N–H and O–H groups in total. The molecular formula is C30H47FO3. The van der Waals surface area contributed by atoms with E-state index in [1.54, 1.807) is 0 Å². The molecule has 192 valence electrons. The first-order valence-electron chi connectivity index (χ1n) is 13.9. The van der Waals surface area contributed by atoms with Crippen LogP contribution in [0.15, 0.2) is 12.2 Å². The zero-order valence-electron chi connectivity index (χ0n) is 22.3. The maximum Gasteiger partial charge on any atom is 0.309 e. The van der Waals surface area contributed by atoms with Crippen molar-refractivity contribution < 1.29 is 19.4 Å². The van der Waals surface area contributed by atoms with Gasteiger partial charge < -0.3 is 10.2 Å². The van der Waals surface area contributed by atoms with Gasteiger partial charge in [0, 0.05) is 0 Å². The SMILES string of the molecule is C=C(C)[C@@H]1CC[C@]2(C(=O)O)CC[C@]3(C)[C@H](CC[C@@H]4[C@@]5(C)C[C@@H](F)[C@H](O)C(C)(C)[C@@H]5CC[C@]43C)[C@@H]12. The lowest BCUT2D eigenvalue weighted by Gasteiger charge is -2.72. The second-order valence-electron chi connectivity index (χ2n) is 14.6. The lowest BCUT2D eigenvalue weighted by Crippen LogP contribution is -2.68. The molecular weight excluding hydrogens is 427 g/mol. The number of carbonyl (C=O) groups is 1. The van der Waals surface area contributed by atoms with Gasteiger partial charge in [0.25, 0.3) is 0 Å². The number of aliphatic hydroxyl groups excluding tert-OH is 1. The number of carboxylic acids is 1. The summed E-state index contributed by atoms with van der Waals surface area (Å²) < 4.78 is 15.3. The van der Waals surface area contributed by atoms with E-state index in [0.29, 0.717) is 30.1 Å². The Bertz CT molecular complexity index is 897. The fourth-order valence-electron chi connectivity index (χ4n) is 11.6. The molecule has 0 spiro atoms. The summed E-state index contributed by atoms with van der Waals surface area (Å²) in [6, 6.07) is 0. The van der Waals surface area contributed by atoms with Crippen LogP contribution < -0.4 is 0 Å². The third-order valence-corrected chi connectivity index (χ3v) is 13.4. The lowest BCUT2D eigenvalue weighted by molar-refractivity contribution is -0.257. The first-order valence-corrected chi connectivity index (χ1v) is 13.9. The quantitative estimate of drug-likeness (QED) is 0.422. The second kappa shape index (κ2) is 7.33. The molecule has 0 radical (unpaired) electrons. The Morgan fingerprint density at radius 1 is 0.912 bits per heavy atom. The Kier molecular flexibility index (Phi) is 5.34. The predicted molar refractivity (Wildman–Crippen MR) is 133 cm³/mol. The number of aliphatic hydroxyl groups is 1. The highest BCUT2D eigenvalue weighted by molar-refractivity contribution is 5.76. The normalized spacial score (nSPS) is 55.9. The average molecular weight is 475 g/mol. The smallest absolute Gasteiger partial charge is 0.309 e. The van der Waals surface area contributed by atoms with Crippen molar-refractivity contribution >= 4 is 5.97 Å². The van der Waals surface area contributed by atoms with Crippen molar-refractivity contribution in [2.45, 2.75) is 112 Å². The van der Waals surface area contributed by atoms with Crippen LogP contribution in [0.2, 0.25) is 0 Å². The molecule has 0 aromatic rings. The minimum absolute atomic E-state index is 0.0531. The van der Waals surface area contributed by atoms with Gasteiger partial charge in [-0.2, -0.15) is 0 Å². The van der Waals surface area contributed by atoms with E-state index in [1.165, 1.54) is 0 Å². The number of aliphatic carboxylic acids is 1. The molecule has 0 heterocycles. The fraction of sp³-hybridized carbons (Fsp3) is 0.900. The van der Waals surface area contributed by atoms with Crippen LogP contribution in [0, 0.1) is 56.7 Å². The molecule has 0 aromatic heterocycles. The van der Waals surface area contributed by atoms with Crippen molar-refractivity contribution in [2.75, 3.05) is 0 Å². The van der Waals surface area contributed by atoms with Gasteiger partial charge in [0.05, 0.1) is 11.5 Å². The van der Waals surface area contributed by atoms with Crippen LogP contribution >= 0.6 is 0 Å². The van der Waals surface area contributed by atoms with Gasteiger partial charge in [-0.25, -0.2) is 4.39 Å². The summed E-state index contributed by atoms with van der Waals surface area (Å²) in [5.74, 6) is 0.985. The molecule has 5 aliphatic rings. The minimum atomic E-state index is -1.17. The molecule has 0 saturated heterocycles. The Hall–Kier alpha value is -0.900. The summed E-state index contributed by atoms with van der Waals surface area (Å²) in [6.07, 6.45) is 6.09. The zero-order chi connectivity index (χ0) is 25.1. The van der Waals surface area contributed by atoms with Crippen molar-refractivity contribution in [3.05, 3.63) is 12.2 Å². The second-order valence-corrected chi connectivity index (χ2v) is 14.6. The molecule has 0 amide bonds. The van der Waals surface area contributed by atoms with Crippen LogP contribution in [0.4, 0.5) is 4.39 Å². The maximum absolute atomic E-state index is 15.3. The van der Waals surface area contributed by atoms with Crippen LogP contribution in [0.5, 0.6) is 0 Å². The number of hydrogen-bond donors (Lipinski definition) is 2. The Labute approximate surface area is 206 Å². The van der Waals surface area contributed by atoms with Crippen LogP contribution in [0.25, 0.3) is 0 Å². The number of fused-ring (bicyclic) bond motifs is 7. The fourth-order valence-corrected chi connectivity index (χ4v) is 11.6. The van der Waals surface area contributed by atoms with E-state index < -0.39 is 29.1 Å². The van der Waals surface area contributed by atoms with Gasteiger partial charge in [0.1, 0.15) is 6.17 Å². The summed E-state index contributed by atoms with van der Waals surface area (Å²) in [7, 11) is 0. The van der Waals surface area contributed by atoms with Crippen LogP contribution in [-0.4, -0.2) is 28.5 Å². The molecule has 5 saturated carbocycles. The first kappa shape index (κ1) is 24.8. The average Bonchev–Trinajstić information content (AvgIpc) is 3.14. The standard InChI is InChI=1S/C30H47FO3/c1-17(2)18-10-13-30(25(33)34)15-14-28(6)19(23(18)30)8-9-22-27(5)16-20(31)24(32)26(3,4)21(27)11-12-29(22,28)7/h18-24,32H,1,8-16H2,2-7H3,(H,33,34)/t18-,19+,20+,21-,22+,23+,24-,27-,28+,29+,30-/m0/s1. The molecule has 4 heteroatoms. The van der Waals surface area contributed by atoms with E-state index in [0.717, 1.165) is 56.9 Å². The number of hydrogen-bond acceptors (Lipinski definition) is 2. The Balaban J connectivity index is 1.57. The molecule has 3 nitrogen and oxygen atoms in total. The molecule has 5 fully saturated rings. The van der Waals surface area contributed by atoms with Gasteiger partial charge in [-0.3, -0.25) is 4.79 Å². The Morgan fingerprint density at radius 3 is 2.21 bits per heavy atom. The van der Waals surface area contributed by atoms with Crippen molar-refractivity contribution in [3.8, 4) is 0 Å². The zero-order valence-corrected chi connectivity index (χ0v) is 22.3. The summed E-state index contributed by atoms with van der Waals surface area (Å²) in [5.41, 5.74) is 0.118. The molecule has 0 unspecified atom stereocenters.